The topological polar surface area (TPSA) is 58.6 Å². The second kappa shape index (κ2) is 7.45. The number of hydrogen-bond donors (Lipinski definition) is 2. The fourth-order valence-electron chi connectivity index (χ4n) is 1.50. The van der Waals surface area contributed by atoms with Gasteiger partial charge in [0.2, 0.25) is 0 Å². The zero-order valence-corrected chi connectivity index (χ0v) is 11.5. The van der Waals surface area contributed by atoms with Gasteiger partial charge in [0, 0.05) is 13.7 Å². The van der Waals surface area contributed by atoms with E-state index < -0.39 is 11.7 Å². The predicted molar refractivity (Wildman–Crippen MR) is 68.9 cm³/mol. The lowest BCUT2D eigenvalue weighted by molar-refractivity contribution is 0.0874. The SMILES string of the molecule is COCC(CCO)NC(=O)c1cccc(Br)c1F. The highest BCUT2D eigenvalue weighted by Crippen LogP contribution is 2.18. The normalized spacial score (nSPS) is 12.2. The third kappa shape index (κ3) is 4.04. The molecule has 0 fully saturated rings. The highest BCUT2D eigenvalue weighted by molar-refractivity contribution is 9.10. The number of rotatable bonds is 6. The van der Waals surface area contributed by atoms with Gasteiger partial charge < -0.3 is 15.2 Å². The van der Waals surface area contributed by atoms with Crippen molar-refractivity contribution in [2.24, 2.45) is 0 Å². The van der Waals surface area contributed by atoms with Crippen LogP contribution >= 0.6 is 15.9 Å². The fraction of sp³-hybridized carbons (Fsp3) is 0.417. The van der Waals surface area contributed by atoms with Crippen molar-refractivity contribution < 1.29 is 19.0 Å². The molecule has 1 amide bonds. The van der Waals surface area contributed by atoms with Gasteiger partial charge in [0.05, 0.1) is 22.7 Å². The molecule has 0 aliphatic carbocycles. The lowest BCUT2D eigenvalue weighted by atomic mass is 10.1. The van der Waals surface area contributed by atoms with E-state index in [2.05, 4.69) is 21.2 Å². The van der Waals surface area contributed by atoms with Crippen molar-refractivity contribution in [1.82, 2.24) is 5.32 Å². The molecule has 0 heterocycles. The van der Waals surface area contributed by atoms with Crippen molar-refractivity contribution in [3.05, 3.63) is 34.1 Å². The summed E-state index contributed by atoms with van der Waals surface area (Å²) in [7, 11) is 1.50. The minimum atomic E-state index is -0.602. The number of carbonyl (C=O) groups is 1. The van der Waals surface area contributed by atoms with Crippen LogP contribution in [0.25, 0.3) is 0 Å². The van der Waals surface area contributed by atoms with Crippen molar-refractivity contribution in [3.63, 3.8) is 0 Å². The molecule has 0 saturated heterocycles. The van der Waals surface area contributed by atoms with Crippen LogP contribution in [0.4, 0.5) is 4.39 Å². The molecule has 1 unspecified atom stereocenters. The Hall–Kier alpha value is -0.980. The summed E-state index contributed by atoms with van der Waals surface area (Å²) in [6.45, 7) is 0.192. The third-order valence-electron chi connectivity index (χ3n) is 2.38. The molecule has 0 spiro atoms. The second-order valence-corrected chi connectivity index (χ2v) is 4.59. The Morgan fingerprint density at radius 2 is 2.33 bits per heavy atom. The molecule has 0 aliphatic rings. The summed E-state index contributed by atoms with van der Waals surface area (Å²) < 4.78 is 18.8. The molecule has 0 saturated carbocycles. The van der Waals surface area contributed by atoms with Crippen LogP contribution in [0, 0.1) is 5.82 Å². The first-order chi connectivity index (χ1) is 8.60. The molecule has 1 aromatic carbocycles. The van der Waals surface area contributed by atoms with Gasteiger partial charge in [0.25, 0.3) is 5.91 Å². The van der Waals surface area contributed by atoms with Gasteiger partial charge in [0.15, 0.2) is 0 Å². The average molecular weight is 320 g/mol. The Balaban J connectivity index is 2.77. The van der Waals surface area contributed by atoms with Crippen LogP contribution in [0.1, 0.15) is 16.8 Å². The van der Waals surface area contributed by atoms with E-state index in [9.17, 15) is 9.18 Å². The molecule has 100 valence electrons. The van der Waals surface area contributed by atoms with Crippen LogP contribution in [0.15, 0.2) is 22.7 Å². The van der Waals surface area contributed by atoms with Gasteiger partial charge in [-0.25, -0.2) is 4.39 Å². The highest BCUT2D eigenvalue weighted by atomic mass is 79.9. The lowest BCUT2D eigenvalue weighted by Gasteiger charge is -2.17. The molecule has 18 heavy (non-hydrogen) atoms. The van der Waals surface area contributed by atoms with E-state index in [0.717, 1.165) is 0 Å². The summed E-state index contributed by atoms with van der Waals surface area (Å²) in [5.74, 6) is -1.13. The minimum Gasteiger partial charge on any atom is -0.396 e. The van der Waals surface area contributed by atoms with Crippen LogP contribution in [0.2, 0.25) is 0 Å². The summed E-state index contributed by atoms with van der Waals surface area (Å²) in [5, 5.41) is 11.5. The Morgan fingerprint density at radius 1 is 1.61 bits per heavy atom. The zero-order chi connectivity index (χ0) is 13.5. The number of hydrogen-bond acceptors (Lipinski definition) is 3. The molecule has 0 aromatic heterocycles. The van der Waals surface area contributed by atoms with Crippen molar-refractivity contribution in [2.75, 3.05) is 20.3 Å². The maximum Gasteiger partial charge on any atom is 0.254 e. The standard InChI is InChI=1S/C12H15BrFNO3/c1-18-7-8(5-6-16)15-12(17)9-3-2-4-10(13)11(9)14/h2-4,8,16H,5-7H2,1H3,(H,15,17). The summed E-state index contributed by atoms with van der Waals surface area (Å²) in [4.78, 5) is 11.9. The Labute approximate surface area is 113 Å². The van der Waals surface area contributed by atoms with Crippen molar-refractivity contribution >= 4 is 21.8 Å². The molecule has 2 N–H and O–H groups in total. The largest absolute Gasteiger partial charge is 0.396 e. The Kier molecular flexibility index (Phi) is 6.24. The van der Waals surface area contributed by atoms with E-state index in [-0.39, 0.29) is 29.3 Å². The summed E-state index contributed by atoms with van der Waals surface area (Å²) in [5.41, 5.74) is -0.0385. The number of halogens is 2. The first kappa shape index (κ1) is 15.1. The van der Waals surface area contributed by atoms with Gasteiger partial charge in [-0.1, -0.05) is 6.07 Å². The van der Waals surface area contributed by atoms with Gasteiger partial charge in [-0.05, 0) is 34.5 Å². The molecule has 0 aliphatic heterocycles. The predicted octanol–water partition coefficient (Wildman–Crippen LogP) is 1.72. The highest BCUT2D eigenvalue weighted by Gasteiger charge is 2.17. The van der Waals surface area contributed by atoms with E-state index in [1.807, 2.05) is 0 Å². The fourth-order valence-corrected chi connectivity index (χ4v) is 1.86. The van der Waals surface area contributed by atoms with Crippen LogP contribution < -0.4 is 5.32 Å². The van der Waals surface area contributed by atoms with E-state index in [1.165, 1.54) is 19.2 Å². The third-order valence-corrected chi connectivity index (χ3v) is 2.99. The number of aliphatic hydroxyl groups is 1. The molecule has 4 nitrogen and oxygen atoms in total. The first-order valence-corrected chi connectivity index (χ1v) is 6.24. The van der Waals surface area contributed by atoms with E-state index in [1.54, 1.807) is 6.07 Å². The Bertz CT molecular complexity index is 408. The molecular weight excluding hydrogens is 305 g/mol. The average Bonchev–Trinajstić information content (AvgIpc) is 2.33. The maximum atomic E-state index is 13.7. The number of methoxy groups -OCH3 is 1. The molecule has 1 atom stereocenters. The van der Waals surface area contributed by atoms with Crippen LogP contribution in [0.3, 0.4) is 0 Å². The van der Waals surface area contributed by atoms with Crippen LogP contribution in [-0.2, 0) is 4.74 Å². The first-order valence-electron chi connectivity index (χ1n) is 5.44. The van der Waals surface area contributed by atoms with E-state index in [0.29, 0.717) is 6.42 Å². The quantitative estimate of drug-likeness (QED) is 0.839. The number of carbonyl (C=O) groups excluding carboxylic acids is 1. The van der Waals surface area contributed by atoms with E-state index in [4.69, 9.17) is 9.84 Å². The second-order valence-electron chi connectivity index (χ2n) is 3.74. The van der Waals surface area contributed by atoms with Crippen LogP contribution in [0.5, 0.6) is 0 Å². The van der Waals surface area contributed by atoms with Gasteiger partial charge in [-0.3, -0.25) is 4.79 Å². The number of amides is 1. The molecule has 1 rings (SSSR count). The van der Waals surface area contributed by atoms with E-state index >= 15 is 0 Å². The molecule has 0 bridgehead atoms. The number of aliphatic hydroxyl groups excluding tert-OH is 1. The van der Waals surface area contributed by atoms with Gasteiger partial charge in [0.1, 0.15) is 5.82 Å². The van der Waals surface area contributed by atoms with Gasteiger partial charge in [-0.15, -0.1) is 0 Å². The van der Waals surface area contributed by atoms with Crippen molar-refractivity contribution in [3.8, 4) is 0 Å². The minimum absolute atomic E-state index is 0.0385. The maximum absolute atomic E-state index is 13.7. The van der Waals surface area contributed by atoms with Crippen LogP contribution in [-0.4, -0.2) is 37.4 Å². The monoisotopic (exact) mass is 319 g/mol. The number of benzene rings is 1. The molecule has 6 heteroatoms. The summed E-state index contributed by atoms with van der Waals surface area (Å²) in [6.07, 6.45) is 0.356. The molecule has 1 aromatic rings. The number of ether oxygens (including phenoxy) is 1. The summed E-state index contributed by atoms with van der Waals surface area (Å²) >= 11 is 3.02. The summed E-state index contributed by atoms with van der Waals surface area (Å²) in [6, 6.07) is 4.16. The lowest BCUT2D eigenvalue weighted by Crippen LogP contribution is -2.39. The zero-order valence-electron chi connectivity index (χ0n) is 9.95. The molecular formula is C12H15BrFNO3. The van der Waals surface area contributed by atoms with Gasteiger partial charge in [-0.2, -0.15) is 0 Å². The Morgan fingerprint density at radius 3 is 2.94 bits per heavy atom. The number of nitrogens with one attached hydrogen (secondary N) is 1. The van der Waals surface area contributed by atoms with Gasteiger partial charge >= 0.3 is 0 Å². The van der Waals surface area contributed by atoms with Crippen molar-refractivity contribution in [1.29, 1.82) is 0 Å². The molecule has 0 radical (unpaired) electrons. The smallest absolute Gasteiger partial charge is 0.254 e. The van der Waals surface area contributed by atoms with Crippen molar-refractivity contribution in [2.45, 2.75) is 12.5 Å².